The number of hydrogen-bond donors (Lipinski definition) is 1. The third-order valence-corrected chi connectivity index (χ3v) is 5.06. The largest absolute Gasteiger partial charge is 0.378 e. The minimum absolute atomic E-state index is 0.0277. The molecule has 0 fully saturated rings. The second kappa shape index (κ2) is 4.99. The summed E-state index contributed by atoms with van der Waals surface area (Å²) in [6.07, 6.45) is 5.48. The molecule has 1 N–H and O–H groups in total. The van der Waals surface area contributed by atoms with Crippen molar-refractivity contribution < 1.29 is 4.39 Å². The van der Waals surface area contributed by atoms with E-state index in [0.717, 1.165) is 22.1 Å². The van der Waals surface area contributed by atoms with Gasteiger partial charge in [-0.2, -0.15) is 0 Å². The molecule has 0 bridgehead atoms. The summed E-state index contributed by atoms with van der Waals surface area (Å²) in [6, 6.07) is 13.4. The van der Waals surface area contributed by atoms with Crippen LogP contribution >= 0.6 is 15.9 Å². The maximum absolute atomic E-state index is 14.2. The lowest BCUT2D eigenvalue weighted by Crippen LogP contribution is -2.29. The summed E-state index contributed by atoms with van der Waals surface area (Å²) in [4.78, 5) is 0. The van der Waals surface area contributed by atoms with E-state index in [-0.39, 0.29) is 11.9 Å². The number of halogens is 2. The van der Waals surface area contributed by atoms with Gasteiger partial charge >= 0.3 is 0 Å². The van der Waals surface area contributed by atoms with Gasteiger partial charge in [0.15, 0.2) is 0 Å². The van der Waals surface area contributed by atoms with Gasteiger partial charge in [-0.25, -0.2) is 4.39 Å². The fourth-order valence-corrected chi connectivity index (χ4v) is 3.98. The predicted octanol–water partition coefficient (Wildman–Crippen LogP) is 5.41. The average Bonchev–Trinajstić information content (AvgIpc) is 2.97. The molecule has 0 saturated carbocycles. The summed E-state index contributed by atoms with van der Waals surface area (Å²) in [5.74, 6) is 0.619. The third kappa shape index (κ3) is 2.11. The van der Waals surface area contributed by atoms with Gasteiger partial charge in [-0.3, -0.25) is 0 Å². The van der Waals surface area contributed by atoms with Crippen molar-refractivity contribution in [2.24, 2.45) is 5.92 Å². The van der Waals surface area contributed by atoms with Gasteiger partial charge in [0.2, 0.25) is 0 Å². The van der Waals surface area contributed by atoms with Crippen LogP contribution in [0.25, 0.3) is 0 Å². The third-order valence-electron chi connectivity index (χ3n) is 4.57. The van der Waals surface area contributed by atoms with Crippen molar-refractivity contribution in [2.45, 2.75) is 18.4 Å². The Hall–Kier alpha value is -1.61. The lowest BCUT2D eigenvalue weighted by atomic mass is 9.77. The number of hydrogen-bond acceptors (Lipinski definition) is 1. The van der Waals surface area contributed by atoms with Crippen LogP contribution in [0, 0.1) is 11.7 Å². The number of rotatable bonds is 1. The second-order valence-electron chi connectivity index (χ2n) is 5.73. The molecule has 0 aromatic heterocycles. The van der Waals surface area contributed by atoms with E-state index >= 15 is 0 Å². The summed E-state index contributed by atoms with van der Waals surface area (Å²) < 4.78 is 15.3. The first-order valence-electron chi connectivity index (χ1n) is 7.21. The zero-order chi connectivity index (χ0) is 14.4. The molecule has 0 unspecified atom stereocenters. The molecule has 106 valence electrons. The van der Waals surface area contributed by atoms with Gasteiger partial charge in [0.05, 0.1) is 6.04 Å². The van der Waals surface area contributed by atoms with Crippen molar-refractivity contribution in [3.8, 4) is 0 Å². The fourth-order valence-electron chi connectivity index (χ4n) is 3.60. The highest BCUT2D eigenvalue weighted by Crippen LogP contribution is 2.50. The Morgan fingerprint density at radius 2 is 1.95 bits per heavy atom. The Morgan fingerprint density at radius 1 is 1.10 bits per heavy atom. The highest BCUT2D eigenvalue weighted by atomic mass is 79.9. The smallest absolute Gasteiger partial charge is 0.128 e. The zero-order valence-corrected chi connectivity index (χ0v) is 13.0. The summed E-state index contributed by atoms with van der Waals surface area (Å²) in [6.45, 7) is 0. The second-order valence-corrected chi connectivity index (χ2v) is 6.64. The lowest BCUT2D eigenvalue weighted by Gasteiger charge is -2.37. The molecule has 21 heavy (non-hydrogen) atoms. The molecular weight excluding hydrogens is 329 g/mol. The minimum Gasteiger partial charge on any atom is -0.378 e. The molecular formula is C18H15BrFN. The minimum atomic E-state index is -0.124. The number of allylic oxidation sites excluding steroid dienone is 2. The van der Waals surface area contributed by atoms with Crippen LogP contribution in [-0.4, -0.2) is 0 Å². The molecule has 0 spiro atoms. The number of nitrogens with one attached hydrogen (secondary N) is 1. The van der Waals surface area contributed by atoms with Crippen molar-refractivity contribution >= 4 is 21.6 Å². The molecule has 0 amide bonds. The molecule has 2 aliphatic rings. The molecule has 1 nitrogen and oxygen atoms in total. The molecule has 3 atom stereocenters. The molecule has 1 heterocycles. The van der Waals surface area contributed by atoms with Crippen molar-refractivity contribution in [2.75, 3.05) is 5.32 Å². The van der Waals surface area contributed by atoms with E-state index in [4.69, 9.17) is 0 Å². The highest BCUT2D eigenvalue weighted by Gasteiger charge is 2.38. The maximum Gasteiger partial charge on any atom is 0.128 e. The Bertz CT molecular complexity index is 725. The van der Waals surface area contributed by atoms with Crippen LogP contribution in [0.5, 0.6) is 0 Å². The number of anilines is 1. The number of benzene rings is 2. The normalized spacial score (nSPS) is 26.1. The summed E-state index contributed by atoms with van der Waals surface area (Å²) >= 11 is 3.55. The zero-order valence-electron chi connectivity index (χ0n) is 11.4. The lowest BCUT2D eigenvalue weighted by molar-refractivity contribution is 0.413. The van der Waals surface area contributed by atoms with Gasteiger partial charge in [-0.05, 0) is 42.2 Å². The Labute approximate surface area is 132 Å². The first-order chi connectivity index (χ1) is 10.2. The van der Waals surface area contributed by atoms with Gasteiger partial charge in [0.1, 0.15) is 5.82 Å². The van der Waals surface area contributed by atoms with Crippen molar-refractivity contribution in [3.63, 3.8) is 0 Å². The molecule has 0 saturated heterocycles. The Balaban J connectivity index is 1.82. The Morgan fingerprint density at radius 3 is 2.81 bits per heavy atom. The molecule has 0 radical (unpaired) electrons. The molecule has 1 aliphatic heterocycles. The topological polar surface area (TPSA) is 12.0 Å². The van der Waals surface area contributed by atoms with Gasteiger partial charge in [0.25, 0.3) is 0 Å². The van der Waals surface area contributed by atoms with Crippen LogP contribution < -0.4 is 5.32 Å². The van der Waals surface area contributed by atoms with E-state index in [1.54, 1.807) is 12.1 Å². The fraction of sp³-hybridized carbons (Fsp3) is 0.222. The molecule has 4 rings (SSSR count). The molecule has 2 aromatic carbocycles. The van der Waals surface area contributed by atoms with Crippen molar-refractivity contribution in [3.05, 3.63) is 76.0 Å². The van der Waals surface area contributed by atoms with Crippen LogP contribution in [0.4, 0.5) is 10.1 Å². The summed E-state index contributed by atoms with van der Waals surface area (Å²) in [5, 5.41) is 3.55. The van der Waals surface area contributed by atoms with Crippen LogP contribution in [-0.2, 0) is 0 Å². The average molecular weight is 344 g/mol. The predicted molar refractivity (Wildman–Crippen MR) is 86.9 cm³/mol. The van der Waals surface area contributed by atoms with Gasteiger partial charge < -0.3 is 5.32 Å². The van der Waals surface area contributed by atoms with E-state index in [0.29, 0.717) is 11.8 Å². The van der Waals surface area contributed by atoms with Gasteiger partial charge in [-0.1, -0.05) is 46.3 Å². The standard InChI is InChI=1S/C18H15BrFN/c19-11-8-9-17-15(10-11)12-5-3-6-13(12)18(21-17)14-4-1-2-7-16(14)20/h1-5,7-10,12-13,18,21H,6H2/t12-,13+,18+/m0/s1. The summed E-state index contributed by atoms with van der Waals surface area (Å²) in [5.41, 5.74) is 3.18. The van der Waals surface area contributed by atoms with E-state index in [2.05, 4.69) is 45.5 Å². The van der Waals surface area contributed by atoms with Crippen molar-refractivity contribution in [1.29, 1.82) is 0 Å². The van der Waals surface area contributed by atoms with Gasteiger partial charge in [0, 0.05) is 21.6 Å². The first kappa shape index (κ1) is 13.1. The first-order valence-corrected chi connectivity index (χ1v) is 8.00. The Kier molecular flexibility index (Phi) is 3.11. The van der Waals surface area contributed by atoms with E-state index < -0.39 is 0 Å². The summed E-state index contributed by atoms with van der Waals surface area (Å²) in [7, 11) is 0. The highest BCUT2D eigenvalue weighted by molar-refractivity contribution is 9.10. The van der Waals surface area contributed by atoms with Crippen LogP contribution in [0.1, 0.15) is 29.5 Å². The van der Waals surface area contributed by atoms with Crippen LogP contribution in [0.15, 0.2) is 59.1 Å². The molecule has 2 aromatic rings. The monoisotopic (exact) mass is 343 g/mol. The van der Waals surface area contributed by atoms with Crippen LogP contribution in [0.2, 0.25) is 0 Å². The maximum atomic E-state index is 14.2. The van der Waals surface area contributed by atoms with E-state index in [1.807, 2.05) is 18.2 Å². The van der Waals surface area contributed by atoms with Gasteiger partial charge in [-0.15, -0.1) is 0 Å². The van der Waals surface area contributed by atoms with Crippen molar-refractivity contribution in [1.82, 2.24) is 0 Å². The van der Waals surface area contributed by atoms with Crippen LogP contribution in [0.3, 0.4) is 0 Å². The molecule has 1 aliphatic carbocycles. The van der Waals surface area contributed by atoms with E-state index in [9.17, 15) is 4.39 Å². The SMILES string of the molecule is Fc1ccccc1[C@@H]1Nc2ccc(Br)cc2[C@H]2C=CC[C@H]21. The van der Waals surface area contributed by atoms with E-state index in [1.165, 1.54) is 5.56 Å². The quantitative estimate of drug-likeness (QED) is 0.682. The molecule has 3 heteroatoms. The number of fused-ring (bicyclic) bond motifs is 3.